The molecule has 0 fully saturated rings. The summed E-state index contributed by atoms with van der Waals surface area (Å²) in [5, 5.41) is 0.862. The zero-order valence-corrected chi connectivity index (χ0v) is 17.1. The summed E-state index contributed by atoms with van der Waals surface area (Å²) in [6.07, 6.45) is 0.244. The topological polar surface area (TPSA) is 59.5 Å². The van der Waals surface area contributed by atoms with Gasteiger partial charge in [0, 0.05) is 7.05 Å². The highest BCUT2D eigenvalue weighted by Gasteiger charge is 2.22. The monoisotopic (exact) mass is 396 g/mol. The highest BCUT2D eigenvalue weighted by atomic mass is 32.1. The molecule has 0 saturated heterocycles. The summed E-state index contributed by atoms with van der Waals surface area (Å²) in [4.78, 5) is 30.7. The first-order chi connectivity index (χ1) is 13.5. The van der Waals surface area contributed by atoms with Crippen LogP contribution in [-0.2, 0) is 14.3 Å². The third kappa shape index (κ3) is 4.75. The van der Waals surface area contributed by atoms with E-state index < -0.39 is 0 Å². The van der Waals surface area contributed by atoms with Gasteiger partial charge < -0.3 is 9.64 Å². The van der Waals surface area contributed by atoms with Crippen molar-refractivity contribution in [3.8, 4) is 0 Å². The molecule has 2 aromatic carbocycles. The number of carbonyl (C=O) groups is 2. The third-order valence-electron chi connectivity index (χ3n) is 4.84. The van der Waals surface area contributed by atoms with Crippen LogP contribution in [0.15, 0.2) is 54.6 Å². The first-order valence-electron chi connectivity index (χ1n) is 9.27. The zero-order valence-electron chi connectivity index (χ0n) is 16.3. The number of benzene rings is 2. The Morgan fingerprint density at radius 1 is 1.07 bits per heavy atom. The van der Waals surface area contributed by atoms with Crippen molar-refractivity contribution < 1.29 is 14.3 Å². The standard InChI is InChI=1S/C22H24N2O3S/c1-15(17-9-5-4-6-10-17)13-21(26)27-14-20(25)24(3)16(2)22-23-18-11-7-8-12-19(18)28-22/h4-12,15-16H,13-14H2,1-3H3/t15-,16-/m0/s1. The number of carbonyl (C=O) groups excluding carboxylic acids is 2. The Morgan fingerprint density at radius 2 is 1.75 bits per heavy atom. The van der Waals surface area contributed by atoms with E-state index in [1.54, 1.807) is 23.3 Å². The lowest BCUT2D eigenvalue weighted by atomic mass is 9.98. The molecule has 3 rings (SSSR count). The van der Waals surface area contributed by atoms with Gasteiger partial charge in [-0.05, 0) is 30.5 Å². The van der Waals surface area contributed by atoms with Crippen LogP contribution < -0.4 is 0 Å². The summed E-state index contributed by atoms with van der Waals surface area (Å²) in [7, 11) is 1.71. The Balaban J connectivity index is 1.52. The maximum absolute atomic E-state index is 12.5. The molecule has 146 valence electrons. The van der Waals surface area contributed by atoms with Gasteiger partial charge in [-0.25, -0.2) is 4.98 Å². The molecule has 0 unspecified atom stereocenters. The maximum atomic E-state index is 12.5. The number of hydrogen-bond acceptors (Lipinski definition) is 5. The number of para-hydroxylation sites is 1. The molecule has 1 amide bonds. The van der Waals surface area contributed by atoms with Crippen LogP contribution in [0.4, 0.5) is 0 Å². The van der Waals surface area contributed by atoms with Crippen molar-refractivity contribution in [1.82, 2.24) is 9.88 Å². The lowest BCUT2D eigenvalue weighted by molar-refractivity contribution is -0.152. The van der Waals surface area contributed by atoms with Crippen molar-refractivity contribution in [3.05, 3.63) is 65.2 Å². The average molecular weight is 397 g/mol. The minimum Gasteiger partial charge on any atom is -0.456 e. The lowest BCUT2D eigenvalue weighted by Crippen LogP contribution is -2.33. The Bertz CT molecular complexity index is 922. The van der Waals surface area contributed by atoms with Crippen LogP contribution in [-0.4, -0.2) is 35.4 Å². The molecule has 1 aromatic heterocycles. The molecule has 0 aliphatic heterocycles. The molecule has 28 heavy (non-hydrogen) atoms. The van der Waals surface area contributed by atoms with E-state index in [2.05, 4.69) is 4.98 Å². The van der Waals surface area contributed by atoms with Gasteiger partial charge in [-0.1, -0.05) is 49.4 Å². The molecular weight excluding hydrogens is 372 g/mol. The third-order valence-corrected chi connectivity index (χ3v) is 6.05. The number of rotatable bonds is 7. The molecule has 0 radical (unpaired) electrons. The maximum Gasteiger partial charge on any atom is 0.306 e. The predicted molar refractivity (Wildman–Crippen MR) is 111 cm³/mol. The molecule has 6 heteroatoms. The summed E-state index contributed by atoms with van der Waals surface area (Å²) >= 11 is 1.57. The number of esters is 1. The Morgan fingerprint density at radius 3 is 2.46 bits per heavy atom. The minimum absolute atomic E-state index is 0.0446. The summed E-state index contributed by atoms with van der Waals surface area (Å²) in [6.45, 7) is 3.64. The second-order valence-corrected chi connectivity index (χ2v) is 7.94. The molecule has 0 aliphatic carbocycles. The molecule has 0 saturated carbocycles. The van der Waals surface area contributed by atoms with Gasteiger partial charge in [0.1, 0.15) is 5.01 Å². The fraction of sp³-hybridized carbons (Fsp3) is 0.318. The first-order valence-corrected chi connectivity index (χ1v) is 10.1. The van der Waals surface area contributed by atoms with Gasteiger partial charge in [-0.3, -0.25) is 9.59 Å². The van der Waals surface area contributed by atoms with Gasteiger partial charge in [0.2, 0.25) is 0 Å². The van der Waals surface area contributed by atoms with Gasteiger partial charge in [-0.15, -0.1) is 11.3 Å². The number of amides is 1. The molecule has 5 nitrogen and oxygen atoms in total. The van der Waals surface area contributed by atoms with Crippen LogP contribution in [0.3, 0.4) is 0 Å². The van der Waals surface area contributed by atoms with Crippen molar-refractivity contribution in [3.63, 3.8) is 0 Å². The fourth-order valence-corrected chi connectivity index (χ4v) is 3.97. The Kier molecular flexibility index (Phi) is 6.41. The number of likely N-dealkylation sites (N-methyl/N-ethyl adjacent to an activating group) is 1. The number of hydrogen-bond donors (Lipinski definition) is 0. The molecule has 0 bridgehead atoms. The smallest absolute Gasteiger partial charge is 0.306 e. The number of ether oxygens (including phenoxy) is 1. The first kappa shape index (κ1) is 20.0. The molecule has 2 atom stereocenters. The highest BCUT2D eigenvalue weighted by molar-refractivity contribution is 7.18. The zero-order chi connectivity index (χ0) is 20.1. The van der Waals surface area contributed by atoms with Gasteiger partial charge in [0.15, 0.2) is 6.61 Å². The Hall–Kier alpha value is -2.73. The van der Waals surface area contributed by atoms with Crippen molar-refractivity contribution >= 4 is 33.4 Å². The van der Waals surface area contributed by atoms with Crippen molar-refractivity contribution in [2.24, 2.45) is 0 Å². The number of thiazole rings is 1. The van der Waals surface area contributed by atoms with E-state index in [4.69, 9.17) is 4.74 Å². The second kappa shape index (κ2) is 8.97. The minimum atomic E-state index is -0.370. The summed E-state index contributed by atoms with van der Waals surface area (Å²) in [5.41, 5.74) is 2.00. The molecule has 0 N–H and O–H groups in total. The highest BCUT2D eigenvalue weighted by Crippen LogP contribution is 2.28. The molecule has 0 aliphatic rings. The van der Waals surface area contributed by atoms with Crippen LogP contribution in [0.25, 0.3) is 10.2 Å². The molecule has 0 spiro atoms. The van der Waals surface area contributed by atoms with Crippen LogP contribution in [0, 0.1) is 0 Å². The van der Waals surface area contributed by atoms with Gasteiger partial charge in [-0.2, -0.15) is 0 Å². The fourth-order valence-electron chi connectivity index (χ4n) is 2.90. The number of fused-ring (bicyclic) bond motifs is 1. The van der Waals surface area contributed by atoms with Crippen molar-refractivity contribution in [2.45, 2.75) is 32.2 Å². The van der Waals surface area contributed by atoms with Crippen molar-refractivity contribution in [1.29, 1.82) is 0 Å². The SMILES string of the molecule is C[C@@H](CC(=O)OCC(=O)N(C)[C@@H](C)c1nc2ccccc2s1)c1ccccc1. The van der Waals surface area contributed by atoms with E-state index in [9.17, 15) is 9.59 Å². The van der Waals surface area contributed by atoms with Gasteiger partial charge in [0.25, 0.3) is 5.91 Å². The molecule has 3 aromatic rings. The van der Waals surface area contributed by atoms with Gasteiger partial charge in [0.05, 0.1) is 22.7 Å². The quantitative estimate of drug-likeness (QED) is 0.550. The summed E-state index contributed by atoms with van der Waals surface area (Å²) < 4.78 is 6.30. The van der Waals surface area contributed by atoms with Gasteiger partial charge >= 0.3 is 5.97 Å². The van der Waals surface area contributed by atoms with E-state index in [0.717, 1.165) is 20.8 Å². The summed E-state index contributed by atoms with van der Waals surface area (Å²) in [5.74, 6) is -0.568. The van der Waals surface area contributed by atoms with Crippen LogP contribution in [0.5, 0.6) is 0 Å². The predicted octanol–water partition coefficient (Wildman–Crippen LogP) is 4.55. The summed E-state index contributed by atoms with van der Waals surface area (Å²) in [6, 6.07) is 17.5. The van der Waals surface area contributed by atoms with Crippen LogP contribution in [0.2, 0.25) is 0 Å². The largest absolute Gasteiger partial charge is 0.456 e. The van der Waals surface area contributed by atoms with E-state index in [1.165, 1.54) is 0 Å². The molecule has 1 heterocycles. The number of aromatic nitrogens is 1. The average Bonchev–Trinajstić information content (AvgIpc) is 3.15. The number of nitrogens with zero attached hydrogens (tertiary/aromatic N) is 2. The second-order valence-electron chi connectivity index (χ2n) is 6.88. The van der Waals surface area contributed by atoms with Crippen molar-refractivity contribution in [2.75, 3.05) is 13.7 Å². The normalized spacial score (nSPS) is 13.1. The van der Waals surface area contributed by atoms with E-state index in [0.29, 0.717) is 0 Å². The van der Waals surface area contributed by atoms with Crippen LogP contribution >= 0.6 is 11.3 Å². The van der Waals surface area contributed by atoms with E-state index >= 15 is 0 Å². The van der Waals surface area contributed by atoms with E-state index in [1.807, 2.05) is 68.4 Å². The molecular formula is C22H24N2O3S. The Labute approximate surface area is 169 Å². The lowest BCUT2D eigenvalue weighted by Gasteiger charge is -2.23. The van der Waals surface area contributed by atoms with E-state index in [-0.39, 0.29) is 36.9 Å². The van der Waals surface area contributed by atoms with Crippen LogP contribution in [0.1, 0.15) is 42.8 Å².